The SMILES string of the molecule is C[C@@H](CCc1ccccc1)SCC(=O)N[C@@H]1CCCCNC1=O. The minimum atomic E-state index is -0.356. The van der Waals surface area contributed by atoms with Crippen LogP contribution in [0.2, 0.25) is 0 Å². The second kappa shape index (κ2) is 9.60. The van der Waals surface area contributed by atoms with E-state index < -0.39 is 0 Å². The summed E-state index contributed by atoms with van der Waals surface area (Å²) >= 11 is 1.66. The van der Waals surface area contributed by atoms with Gasteiger partial charge in [0.25, 0.3) is 0 Å². The number of carbonyl (C=O) groups excluding carboxylic acids is 2. The molecule has 0 unspecified atom stereocenters. The second-order valence-corrected chi connectivity index (χ2v) is 7.48. The van der Waals surface area contributed by atoms with Crippen molar-refractivity contribution in [3.8, 4) is 0 Å². The minimum absolute atomic E-state index is 0.0383. The third-order valence-corrected chi connectivity index (χ3v) is 5.29. The highest BCUT2D eigenvalue weighted by Gasteiger charge is 2.22. The Kier molecular flexibility index (Phi) is 7.46. The molecule has 1 fully saturated rings. The normalized spacial score (nSPS) is 19.5. The predicted molar refractivity (Wildman–Crippen MR) is 95.5 cm³/mol. The molecule has 0 spiro atoms. The van der Waals surface area contributed by atoms with Gasteiger partial charge in [0.05, 0.1) is 5.75 Å². The quantitative estimate of drug-likeness (QED) is 0.805. The van der Waals surface area contributed by atoms with Crippen molar-refractivity contribution in [2.45, 2.75) is 50.3 Å². The fourth-order valence-electron chi connectivity index (χ4n) is 2.63. The van der Waals surface area contributed by atoms with E-state index in [-0.39, 0.29) is 17.9 Å². The molecule has 23 heavy (non-hydrogen) atoms. The first kappa shape index (κ1) is 17.9. The number of benzene rings is 1. The highest BCUT2D eigenvalue weighted by atomic mass is 32.2. The standard InChI is InChI=1S/C18H26N2O2S/c1-14(10-11-15-7-3-2-4-8-15)23-13-17(21)20-16-9-5-6-12-19-18(16)22/h2-4,7-8,14,16H,5-6,9-13H2,1H3,(H,19,22)(H,20,21)/t14-,16+/m0/s1. The summed E-state index contributed by atoms with van der Waals surface area (Å²) in [6, 6.07) is 10.0. The molecule has 1 aliphatic rings. The molecule has 0 saturated carbocycles. The van der Waals surface area contributed by atoms with Crippen molar-refractivity contribution in [2.75, 3.05) is 12.3 Å². The molecule has 2 amide bonds. The molecule has 0 aliphatic carbocycles. The number of rotatable bonds is 7. The van der Waals surface area contributed by atoms with E-state index in [1.54, 1.807) is 11.8 Å². The van der Waals surface area contributed by atoms with Crippen molar-refractivity contribution in [1.82, 2.24) is 10.6 Å². The van der Waals surface area contributed by atoms with Crippen molar-refractivity contribution < 1.29 is 9.59 Å². The van der Waals surface area contributed by atoms with Gasteiger partial charge in [-0.25, -0.2) is 0 Å². The van der Waals surface area contributed by atoms with E-state index in [1.165, 1.54) is 5.56 Å². The lowest BCUT2D eigenvalue weighted by atomic mass is 10.1. The van der Waals surface area contributed by atoms with Crippen LogP contribution in [0.3, 0.4) is 0 Å². The van der Waals surface area contributed by atoms with Gasteiger partial charge in [-0.05, 0) is 37.7 Å². The van der Waals surface area contributed by atoms with E-state index in [0.29, 0.717) is 11.0 Å². The van der Waals surface area contributed by atoms with Gasteiger partial charge >= 0.3 is 0 Å². The maximum Gasteiger partial charge on any atom is 0.242 e. The Morgan fingerprint density at radius 3 is 2.91 bits per heavy atom. The lowest BCUT2D eigenvalue weighted by molar-refractivity contribution is -0.127. The van der Waals surface area contributed by atoms with Gasteiger partial charge < -0.3 is 10.6 Å². The molecule has 0 radical (unpaired) electrons. The van der Waals surface area contributed by atoms with Crippen LogP contribution in [-0.4, -0.2) is 35.4 Å². The predicted octanol–water partition coefficient (Wildman–Crippen LogP) is 2.53. The molecule has 4 nitrogen and oxygen atoms in total. The van der Waals surface area contributed by atoms with Gasteiger partial charge in [-0.2, -0.15) is 0 Å². The van der Waals surface area contributed by atoms with Crippen molar-refractivity contribution in [3.63, 3.8) is 0 Å². The first-order valence-corrected chi connectivity index (χ1v) is 9.42. The summed E-state index contributed by atoms with van der Waals surface area (Å²) in [6.45, 7) is 2.87. The molecule has 1 heterocycles. The lowest BCUT2D eigenvalue weighted by Crippen LogP contribution is -2.46. The van der Waals surface area contributed by atoms with E-state index in [0.717, 1.165) is 38.6 Å². The Morgan fingerprint density at radius 2 is 2.13 bits per heavy atom. The van der Waals surface area contributed by atoms with Crippen LogP contribution in [0.4, 0.5) is 0 Å². The number of hydrogen-bond donors (Lipinski definition) is 2. The Balaban J connectivity index is 1.66. The third kappa shape index (κ3) is 6.65. The first-order chi connectivity index (χ1) is 11.1. The zero-order chi connectivity index (χ0) is 16.5. The molecule has 1 aromatic carbocycles. The average molecular weight is 334 g/mol. The smallest absolute Gasteiger partial charge is 0.242 e. The Morgan fingerprint density at radius 1 is 1.35 bits per heavy atom. The number of amides is 2. The molecular formula is C18H26N2O2S. The van der Waals surface area contributed by atoms with Crippen molar-refractivity contribution >= 4 is 23.6 Å². The van der Waals surface area contributed by atoms with Gasteiger partial charge in [0.1, 0.15) is 6.04 Å². The molecule has 1 saturated heterocycles. The topological polar surface area (TPSA) is 58.2 Å². The molecule has 2 atom stereocenters. The maximum absolute atomic E-state index is 12.0. The average Bonchev–Trinajstić information content (AvgIpc) is 2.77. The Labute approximate surface area is 142 Å². The number of nitrogens with one attached hydrogen (secondary N) is 2. The van der Waals surface area contributed by atoms with Crippen LogP contribution in [0.1, 0.15) is 38.2 Å². The molecule has 5 heteroatoms. The summed E-state index contributed by atoms with van der Waals surface area (Å²) in [5, 5.41) is 6.13. The monoisotopic (exact) mass is 334 g/mol. The van der Waals surface area contributed by atoms with Crippen LogP contribution in [-0.2, 0) is 16.0 Å². The molecule has 2 rings (SSSR count). The zero-order valence-electron chi connectivity index (χ0n) is 13.7. The van der Waals surface area contributed by atoms with Crippen LogP contribution in [0.25, 0.3) is 0 Å². The van der Waals surface area contributed by atoms with Crippen LogP contribution < -0.4 is 10.6 Å². The number of aryl methyl sites for hydroxylation is 1. The minimum Gasteiger partial charge on any atom is -0.354 e. The molecule has 0 bridgehead atoms. The second-order valence-electron chi connectivity index (χ2n) is 6.05. The molecular weight excluding hydrogens is 308 g/mol. The fourth-order valence-corrected chi connectivity index (χ4v) is 3.43. The first-order valence-electron chi connectivity index (χ1n) is 8.38. The zero-order valence-corrected chi connectivity index (χ0v) is 14.5. The van der Waals surface area contributed by atoms with Crippen molar-refractivity contribution in [1.29, 1.82) is 0 Å². The van der Waals surface area contributed by atoms with Crippen molar-refractivity contribution in [3.05, 3.63) is 35.9 Å². The largest absolute Gasteiger partial charge is 0.354 e. The number of carbonyl (C=O) groups is 2. The van der Waals surface area contributed by atoms with Crippen LogP contribution in [0.15, 0.2) is 30.3 Å². The highest BCUT2D eigenvalue weighted by molar-refractivity contribution is 8.00. The van der Waals surface area contributed by atoms with Crippen molar-refractivity contribution in [2.24, 2.45) is 0 Å². The van der Waals surface area contributed by atoms with Gasteiger partial charge in [-0.15, -0.1) is 11.8 Å². The maximum atomic E-state index is 12.0. The Hall–Kier alpha value is -1.49. The molecule has 126 valence electrons. The summed E-state index contributed by atoms with van der Waals surface area (Å²) in [5.41, 5.74) is 1.33. The summed E-state index contributed by atoms with van der Waals surface area (Å²) in [7, 11) is 0. The summed E-state index contributed by atoms with van der Waals surface area (Å²) in [4.78, 5) is 23.9. The summed E-state index contributed by atoms with van der Waals surface area (Å²) in [6.07, 6.45) is 4.78. The highest BCUT2D eigenvalue weighted by Crippen LogP contribution is 2.17. The van der Waals surface area contributed by atoms with Crippen LogP contribution in [0, 0.1) is 0 Å². The van der Waals surface area contributed by atoms with Gasteiger partial charge in [0.2, 0.25) is 11.8 Å². The van der Waals surface area contributed by atoms with Crippen LogP contribution in [0.5, 0.6) is 0 Å². The molecule has 2 N–H and O–H groups in total. The van der Waals surface area contributed by atoms with Gasteiger partial charge in [-0.3, -0.25) is 9.59 Å². The van der Waals surface area contributed by atoms with Gasteiger partial charge in [-0.1, -0.05) is 37.3 Å². The Bertz CT molecular complexity index is 507. The summed E-state index contributed by atoms with van der Waals surface area (Å²) < 4.78 is 0. The molecule has 1 aromatic rings. The molecule has 1 aliphatic heterocycles. The van der Waals surface area contributed by atoms with E-state index in [2.05, 4.69) is 41.8 Å². The summed E-state index contributed by atoms with van der Waals surface area (Å²) in [5.74, 6) is 0.335. The lowest BCUT2D eigenvalue weighted by Gasteiger charge is -2.16. The van der Waals surface area contributed by atoms with Gasteiger partial charge in [0.15, 0.2) is 0 Å². The van der Waals surface area contributed by atoms with Crippen LogP contribution >= 0.6 is 11.8 Å². The van der Waals surface area contributed by atoms with E-state index in [9.17, 15) is 9.59 Å². The van der Waals surface area contributed by atoms with Gasteiger partial charge in [0, 0.05) is 11.8 Å². The van der Waals surface area contributed by atoms with E-state index >= 15 is 0 Å². The number of thioether (sulfide) groups is 1. The number of hydrogen-bond acceptors (Lipinski definition) is 3. The molecule has 0 aromatic heterocycles. The fraction of sp³-hybridized carbons (Fsp3) is 0.556. The van der Waals surface area contributed by atoms with E-state index in [4.69, 9.17) is 0 Å². The van der Waals surface area contributed by atoms with E-state index in [1.807, 2.05) is 6.07 Å². The third-order valence-electron chi connectivity index (χ3n) is 4.05.